The molecule has 0 saturated carbocycles. The second-order valence-corrected chi connectivity index (χ2v) is 2.66. The molecule has 0 aromatic carbocycles. The lowest BCUT2D eigenvalue weighted by molar-refractivity contribution is -0.129. The van der Waals surface area contributed by atoms with Crippen molar-refractivity contribution in [3.63, 3.8) is 0 Å². The first-order valence-corrected chi connectivity index (χ1v) is 3.92. The molecule has 2 N–H and O–H groups in total. The lowest BCUT2D eigenvalue weighted by Crippen LogP contribution is -2.10. The van der Waals surface area contributed by atoms with Crippen molar-refractivity contribution in [3.8, 4) is 0 Å². The summed E-state index contributed by atoms with van der Waals surface area (Å²) in [7, 11) is 0. The number of carboxylic acids is 1. The monoisotopic (exact) mass is 194 g/mol. The van der Waals surface area contributed by atoms with E-state index in [1.165, 1.54) is 13.3 Å². The minimum atomic E-state index is -1.07. The number of hydrogen-bond donors (Lipinski definition) is 2. The first-order valence-electron chi connectivity index (χ1n) is 3.92. The molecule has 0 amide bonds. The highest BCUT2D eigenvalue weighted by atomic mass is 16.4. The van der Waals surface area contributed by atoms with Crippen LogP contribution in [-0.2, 0) is 4.79 Å². The van der Waals surface area contributed by atoms with E-state index in [9.17, 15) is 4.79 Å². The fourth-order valence-electron chi connectivity index (χ4n) is 0.705. The van der Waals surface area contributed by atoms with E-state index in [0.29, 0.717) is 5.82 Å². The topological polar surface area (TPSA) is 87.5 Å². The predicted octanol–water partition coefficient (Wildman–Crippen LogP) is 0.657. The molecular formula is C8H10N4O2. The Kier molecular flexibility index (Phi) is 3.11. The number of hydrazone groups is 1. The van der Waals surface area contributed by atoms with Crippen LogP contribution >= 0.6 is 0 Å². The van der Waals surface area contributed by atoms with Gasteiger partial charge < -0.3 is 5.11 Å². The minimum absolute atomic E-state index is 0.0266. The van der Waals surface area contributed by atoms with Gasteiger partial charge in [0.15, 0.2) is 0 Å². The second-order valence-electron chi connectivity index (χ2n) is 2.66. The molecule has 0 spiro atoms. The van der Waals surface area contributed by atoms with Crippen LogP contribution < -0.4 is 5.43 Å². The van der Waals surface area contributed by atoms with E-state index in [0.717, 1.165) is 5.69 Å². The van der Waals surface area contributed by atoms with Crippen LogP contribution in [0.15, 0.2) is 17.5 Å². The highest BCUT2D eigenvalue weighted by molar-refractivity contribution is 6.34. The van der Waals surface area contributed by atoms with Crippen LogP contribution in [0, 0.1) is 6.92 Å². The number of carbonyl (C=O) groups is 1. The third-order valence-corrected chi connectivity index (χ3v) is 1.45. The Morgan fingerprint density at radius 1 is 1.57 bits per heavy atom. The number of nitrogens with zero attached hydrogens (tertiary/aromatic N) is 3. The molecule has 1 rings (SSSR count). The zero-order chi connectivity index (χ0) is 10.6. The Morgan fingerprint density at radius 3 is 2.86 bits per heavy atom. The summed E-state index contributed by atoms with van der Waals surface area (Å²) in [4.78, 5) is 18.1. The van der Waals surface area contributed by atoms with Crippen LogP contribution in [0.4, 0.5) is 5.82 Å². The van der Waals surface area contributed by atoms with Gasteiger partial charge in [-0.3, -0.25) is 5.43 Å². The number of aliphatic carboxylic acids is 1. The van der Waals surface area contributed by atoms with E-state index in [1.807, 2.05) is 0 Å². The normalized spacial score (nSPS) is 11.1. The maximum Gasteiger partial charge on any atom is 0.351 e. The van der Waals surface area contributed by atoms with Crippen molar-refractivity contribution in [2.75, 3.05) is 5.43 Å². The number of aryl methyl sites for hydroxylation is 1. The summed E-state index contributed by atoms with van der Waals surface area (Å²) in [5.74, 6) is -0.596. The Balaban J connectivity index is 2.71. The zero-order valence-electron chi connectivity index (χ0n) is 7.85. The van der Waals surface area contributed by atoms with E-state index in [1.54, 1.807) is 13.0 Å². The fourth-order valence-corrected chi connectivity index (χ4v) is 0.705. The van der Waals surface area contributed by atoms with E-state index in [-0.39, 0.29) is 5.71 Å². The third kappa shape index (κ3) is 2.81. The van der Waals surface area contributed by atoms with Gasteiger partial charge >= 0.3 is 5.97 Å². The predicted molar refractivity (Wildman–Crippen MR) is 51.1 cm³/mol. The van der Waals surface area contributed by atoms with Crippen LogP contribution in [0.5, 0.6) is 0 Å². The third-order valence-electron chi connectivity index (χ3n) is 1.45. The van der Waals surface area contributed by atoms with Gasteiger partial charge in [-0.15, -0.1) is 0 Å². The summed E-state index contributed by atoms with van der Waals surface area (Å²) in [6.07, 6.45) is 1.38. The van der Waals surface area contributed by atoms with Crippen LogP contribution in [0.3, 0.4) is 0 Å². The summed E-state index contributed by atoms with van der Waals surface area (Å²) >= 11 is 0. The lowest BCUT2D eigenvalue weighted by atomic mass is 10.4. The van der Waals surface area contributed by atoms with Gasteiger partial charge in [-0.25, -0.2) is 14.8 Å². The molecule has 1 heterocycles. The minimum Gasteiger partial charge on any atom is -0.477 e. The van der Waals surface area contributed by atoms with Crippen molar-refractivity contribution < 1.29 is 9.90 Å². The molecule has 0 unspecified atom stereocenters. The van der Waals surface area contributed by atoms with Crippen molar-refractivity contribution in [2.24, 2.45) is 5.10 Å². The molecule has 0 aliphatic heterocycles. The quantitative estimate of drug-likeness (QED) is 0.545. The number of anilines is 1. The lowest BCUT2D eigenvalue weighted by Gasteiger charge is -1.99. The number of hydrogen-bond acceptors (Lipinski definition) is 5. The average molecular weight is 194 g/mol. The summed E-state index contributed by atoms with van der Waals surface area (Å²) in [5, 5.41) is 12.1. The van der Waals surface area contributed by atoms with Crippen LogP contribution in [-0.4, -0.2) is 26.8 Å². The second kappa shape index (κ2) is 4.31. The van der Waals surface area contributed by atoms with Gasteiger partial charge in [0.05, 0.1) is 0 Å². The van der Waals surface area contributed by atoms with Crippen molar-refractivity contribution in [1.29, 1.82) is 0 Å². The van der Waals surface area contributed by atoms with Gasteiger partial charge in [0, 0.05) is 11.8 Å². The van der Waals surface area contributed by atoms with Crippen LogP contribution in [0.25, 0.3) is 0 Å². The maximum atomic E-state index is 10.4. The molecule has 0 saturated heterocycles. The van der Waals surface area contributed by atoms with Crippen LogP contribution in [0.2, 0.25) is 0 Å². The molecular weight excluding hydrogens is 184 g/mol. The molecule has 74 valence electrons. The molecule has 0 fully saturated rings. The fraction of sp³-hybridized carbons (Fsp3) is 0.250. The number of aromatic nitrogens is 2. The highest BCUT2D eigenvalue weighted by Crippen LogP contribution is 2.01. The van der Waals surface area contributed by atoms with E-state index >= 15 is 0 Å². The molecule has 0 aliphatic rings. The Labute approximate surface area is 80.7 Å². The van der Waals surface area contributed by atoms with Crippen molar-refractivity contribution in [1.82, 2.24) is 9.97 Å². The van der Waals surface area contributed by atoms with Crippen LogP contribution in [0.1, 0.15) is 12.6 Å². The smallest absolute Gasteiger partial charge is 0.351 e. The summed E-state index contributed by atoms with van der Waals surface area (Å²) in [5.41, 5.74) is 3.28. The first-order chi connectivity index (χ1) is 6.59. The van der Waals surface area contributed by atoms with Crippen molar-refractivity contribution in [3.05, 3.63) is 18.1 Å². The number of rotatable bonds is 3. The zero-order valence-corrected chi connectivity index (χ0v) is 7.85. The van der Waals surface area contributed by atoms with Gasteiger partial charge in [0.25, 0.3) is 0 Å². The maximum absolute atomic E-state index is 10.4. The van der Waals surface area contributed by atoms with Crippen molar-refractivity contribution in [2.45, 2.75) is 13.8 Å². The SMILES string of the molecule is C/C(=N\Nc1cc(C)ncn1)C(=O)O. The Morgan fingerprint density at radius 2 is 2.29 bits per heavy atom. The van der Waals surface area contributed by atoms with Gasteiger partial charge in [-0.2, -0.15) is 5.10 Å². The molecule has 6 heteroatoms. The Bertz CT molecular complexity index is 375. The molecule has 1 aromatic heterocycles. The molecule has 14 heavy (non-hydrogen) atoms. The Hall–Kier alpha value is -1.98. The first kappa shape index (κ1) is 10.1. The van der Waals surface area contributed by atoms with E-state index in [4.69, 9.17) is 5.11 Å². The number of nitrogens with one attached hydrogen (secondary N) is 1. The van der Waals surface area contributed by atoms with Gasteiger partial charge in [-0.05, 0) is 13.8 Å². The molecule has 0 bridgehead atoms. The summed E-state index contributed by atoms with van der Waals surface area (Å²) < 4.78 is 0. The molecule has 1 aromatic rings. The van der Waals surface area contributed by atoms with Crippen molar-refractivity contribution >= 4 is 17.5 Å². The van der Waals surface area contributed by atoms with Gasteiger partial charge in [-0.1, -0.05) is 0 Å². The van der Waals surface area contributed by atoms with Gasteiger partial charge in [0.1, 0.15) is 17.9 Å². The highest BCUT2D eigenvalue weighted by Gasteiger charge is 2.01. The molecule has 0 atom stereocenters. The molecule has 0 radical (unpaired) electrons. The summed E-state index contributed by atoms with van der Waals surface area (Å²) in [6.45, 7) is 3.20. The number of carboxylic acid groups (broad SMARTS) is 1. The van der Waals surface area contributed by atoms with E-state index in [2.05, 4.69) is 20.5 Å². The molecule has 0 aliphatic carbocycles. The largest absolute Gasteiger partial charge is 0.477 e. The average Bonchev–Trinajstić information content (AvgIpc) is 2.14. The van der Waals surface area contributed by atoms with Gasteiger partial charge in [0.2, 0.25) is 0 Å². The van der Waals surface area contributed by atoms with E-state index < -0.39 is 5.97 Å². The standard InChI is InChI=1S/C8H10N4O2/c1-5-3-7(10-4-9-5)12-11-6(2)8(13)14/h3-4H,1-2H3,(H,13,14)(H,9,10,12)/b11-6+. The summed E-state index contributed by atoms with van der Waals surface area (Å²) in [6, 6.07) is 1.67. The molecule has 6 nitrogen and oxygen atoms in total.